The number of anilines is 2. The van der Waals surface area contributed by atoms with Crippen LogP contribution in [0.4, 0.5) is 11.4 Å². The lowest BCUT2D eigenvalue weighted by Crippen LogP contribution is -2.38. The van der Waals surface area contributed by atoms with E-state index in [-0.39, 0.29) is 11.4 Å². The van der Waals surface area contributed by atoms with Gasteiger partial charge in [0.1, 0.15) is 12.3 Å². The second-order valence-corrected chi connectivity index (χ2v) is 8.95. The van der Waals surface area contributed by atoms with Gasteiger partial charge in [0.15, 0.2) is 0 Å². The Hall–Kier alpha value is -3.32. The van der Waals surface area contributed by atoms with Crippen LogP contribution in [0.25, 0.3) is 0 Å². The summed E-state index contributed by atoms with van der Waals surface area (Å²) < 4.78 is 33.6. The van der Waals surface area contributed by atoms with Crippen molar-refractivity contribution in [1.29, 1.82) is 0 Å². The maximum Gasteiger partial charge on any atom is 0.264 e. The Kier molecular flexibility index (Phi) is 6.97. The highest BCUT2D eigenvalue weighted by Gasteiger charge is 2.28. The number of carbonyl (C=O) groups excluding carboxylic acids is 1. The molecule has 0 aliphatic rings. The van der Waals surface area contributed by atoms with Gasteiger partial charge in [-0.2, -0.15) is 0 Å². The lowest BCUT2D eigenvalue weighted by atomic mass is 10.1. The van der Waals surface area contributed by atoms with E-state index >= 15 is 0 Å². The molecular formula is C24H26N2O4S. The van der Waals surface area contributed by atoms with Gasteiger partial charge in [-0.15, -0.1) is 0 Å². The summed E-state index contributed by atoms with van der Waals surface area (Å²) in [5.74, 6) is 0.0639. The number of hydrogen-bond acceptors (Lipinski definition) is 4. The van der Waals surface area contributed by atoms with E-state index in [1.54, 1.807) is 42.5 Å². The van der Waals surface area contributed by atoms with Crippen molar-refractivity contribution in [2.24, 2.45) is 0 Å². The molecule has 0 unspecified atom stereocenters. The van der Waals surface area contributed by atoms with E-state index in [0.29, 0.717) is 23.7 Å². The van der Waals surface area contributed by atoms with Gasteiger partial charge in [-0.1, -0.05) is 48.0 Å². The van der Waals surface area contributed by atoms with Crippen LogP contribution < -0.4 is 14.4 Å². The standard InChI is InChI=1S/C24H26N2O4S/c1-4-30-23-13-9-8-12-21(23)25-24(27)17-26(22-15-14-18(2)16-19(22)3)31(28,29)20-10-6-5-7-11-20/h5-16H,4,17H2,1-3H3,(H,25,27). The van der Waals surface area contributed by atoms with Crippen LogP contribution in [0.5, 0.6) is 5.75 Å². The fraction of sp³-hybridized carbons (Fsp3) is 0.208. The molecule has 0 atom stereocenters. The predicted molar refractivity (Wildman–Crippen MR) is 123 cm³/mol. The SMILES string of the molecule is CCOc1ccccc1NC(=O)CN(c1ccc(C)cc1C)S(=O)(=O)c1ccccc1. The summed E-state index contributed by atoms with van der Waals surface area (Å²) in [6.45, 7) is 5.70. The van der Waals surface area contributed by atoms with Crippen molar-refractivity contribution in [1.82, 2.24) is 0 Å². The highest BCUT2D eigenvalue weighted by Crippen LogP contribution is 2.28. The number of sulfonamides is 1. The van der Waals surface area contributed by atoms with E-state index in [1.165, 1.54) is 12.1 Å². The summed E-state index contributed by atoms with van der Waals surface area (Å²) in [6, 6.07) is 20.6. The molecule has 0 radical (unpaired) electrons. The Bertz CT molecular complexity index is 1160. The van der Waals surface area contributed by atoms with E-state index in [2.05, 4.69) is 5.32 Å². The molecule has 0 aromatic heterocycles. The van der Waals surface area contributed by atoms with E-state index in [0.717, 1.165) is 15.4 Å². The highest BCUT2D eigenvalue weighted by atomic mass is 32.2. The third kappa shape index (κ3) is 5.24. The third-order valence-electron chi connectivity index (χ3n) is 4.70. The zero-order chi connectivity index (χ0) is 22.4. The minimum atomic E-state index is -3.96. The van der Waals surface area contributed by atoms with Gasteiger partial charge in [-0.25, -0.2) is 8.42 Å². The van der Waals surface area contributed by atoms with Gasteiger partial charge in [0.25, 0.3) is 10.0 Å². The lowest BCUT2D eigenvalue weighted by molar-refractivity contribution is -0.114. The number of carbonyl (C=O) groups is 1. The summed E-state index contributed by atoms with van der Waals surface area (Å²) in [5, 5.41) is 2.78. The highest BCUT2D eigenvalue weighted by molar-refractivity contribution is 7.92. The molecule has 162 valence electrons. The Morgan fingerprint density at radius 1 is 0.968 bits per heavy atom. The molecule has 0 bridgehead atoms. The maximum atomic E-state index is 13.4. The van der Waals surface area contributed by atoms with Gasteiger partial charge >= 0.3 is 0 Å². The molecule has 0 aliphatic heterocycles. The number of para-hydroxylation sites is 2. The fourth-order valence-electron chi connectivity index (χ4n) is 3.28. The number of nitrogens with one attached hydrogen (secondary N) is 1. The van der Waals surface area contributed by atoms with Gasteiger partial charge in [0.05, 0.1) is 22.9 Å². The number of hydrogen-bond donors (Lipinski definition) is 1. The number of benzene rings is 3. The minimum Gasteiger partial charge on any atom is -0.492 e. The first-order valence-corrected chi connectivity index (χ1v) is 11.4. The van der Waals surface area contributed by atoms with E-state index < -0.39 is 15.9 Å². The first kappa shape index (κ1) is 22.4. The molecule has 3 aromatic rings. The van der Waals surface area contributed by atoms with Crippen LogP contribution >= 0.6 is 0 Å². The van der Waals surface area contributed by atoms with Crippen molar-refractivity contribution in [3.8, 4) is 5.75 Å². The number of aryl methyl sites for hydroxylation is 2. The Morgan fingerprint density at radius 2 is 1.65 bits per heavy atom. The van der Waals surface area contributed by atoms with Crippen LogP contribution in [0.15, 0.2) is 77.7 Å². The van der Waals surface area contributed by atoms with Crippen molar-refractivity contribution in [3.05, 3.63) is 83.9 Å². The molecule has 1 amide bonds. The van der Waals surface area contributed by atoms with Crippen molar-refractivity contribution in [2.75, 3.05) is 22.8 Å². The molecule has 0 aliphatic carbocycles. The average molecular weight is 439 g/mol. The molecule has 0 saturated carbocycles. The van der Waals surface area contributed by atoms with E-state index in [9.17, 15) is 13.2 Å². The predicted octanol–water partition coefficient (Wildman–Crippen LogP) is 4.54. The fourth-order valence-corrected chi connectivity index (χ4v) is 4.78. The zero-order valence-corrected chi connectivity index (χ0v) is 18.6. The van der Waals surface area contributed by atoms with Crippen LogP contribution in [0.2, 0.25) is 0 Å². The Balaban J connectivity index is 1.97. The molecule has 3 rings (SSSR count). The molecule has 6 nitrogen and oxygen atoms in total. The van der Waals surface area contributed by atoms with E-state index in [1.807, 2.05) is 39.0 Å². The lowest BCUT2D eigenvalue weighted by Gasteiger charge is -2.26. The van der Waals surface area contributed by atoms with Crippen molar-refractivity contribution < 1.29 is 17.9 Å². The number of rotatable bonds is 8. The van der Waals surface area contributed by atoms with Crippen LogP contribution in [-0.4, -0.2) is 27.5 Å². The summed E-state index contributed by atoms with van der Waals surface area (Å²) >= 11 is 0. The second-order valence-electron chi connectivity index (χ2n) is 7.09. The van der Waals surface area contributed by atoms with Crippen LogP contribution in [0.1, 0.15) is 18.1 Å². The molecule has 0 fully saturated rings. The zero-order valence-electron chi connectivity index (χ0n) is 17.8. The normalized spacial score (nSPS) is 11.1. The average Bonchev–Trinajstić information content (AvgIpc) is 2.75. The van der Waals surface area contributed by atoms with Gasteiger partial charge < -0.3 is 10.1 Å². The monoisotopic (exact) mass is 438 g/mol. The van der Waals surface area contributed by atoms with Gasteiger partial charge in [0.2, 0.25) is 5.91 Å². The summed E-state index contributed by atoms with van der Waals surface area (Å²) in [5.41, 5.74) is 2.73. The topological polar surface area (TPSA) is 75.7 Å². The quantitative estimate of drug-likeness (QED) is 0.560. The Morgan fingerprint density at radius 3 is 2.32 bits per heavy atom. The smallest absolute Gasteiger partial charge is 0.264 e. The molecule has 7 heteroatoms. The van der Waals surface area contributed by atoms with Gasteiger partial charge in [-0.3, -0.25) is 9.10 Å². The van der Waals surface area contributed by atoms with Gasteiger partial charge in [-0.05, 0) is 56.7 Å². The molecule has 31 heavy (non-hydrogen) atoms. The van der Waals surface area contributed by atoms with Crippen LogP contribution in [0.3, 0.4) is 0 Å². The van der Waals surface area contributed by atoms with E-state index in [4.69, 9.17) is 4.74 Å². The first-order valence-electron chi connectivity index (χ1n) is 9.99. The molecular weight excluding hydrogens is 412 g/mol. The maximum absolute atomic E-state index is 13.4. The summed E-state index contributed by atoms with van der Waals surface area (Å²) in [6.07, 6.45) is 0. The summed E-state index contributed by atoms with van der Waals surface area (Å²) in [7, 11) is -3.96. The minimum absolute atomic E-state index is 0.123. The molecule has 3 aromatic carbocycles. The molecule has 0 heterocycles. The van der Waals surface area contributed by atoms with Gasteiger partial charge in [0, 0.05) is 0 Å². The number of amides is 1. The number of nitrogens with zero attached hydrogens (tertiary/aromatic N) is 1. The largest absolute Gasteiger partial charge is 0.492 e. The second kappa shape index (κ2) is 9.66. The molecule has 0 spiro atoms. The van der Waals surface area contributed by atoms with Crippen molar-refractivity contribution in [3.63, 3.8) is 0 Å². The van der Waals surface area contributed by atoms with Crippen molar-refractivity contribution in [2.45, 2.75) is 25.7 Å². The number of ether oxygens (including phenoxy) is 1. The van der Waals surface area contributed by atoms with Crippen molar-refractivity contribution >= 4 is 27.3 Å². The van der Waals surface area contributed by atoms with Crippen LogP contribution in [-0.2, 0) is 14.8 Å². The Labute approximate surface area is 183 Å². The first-order chi connectivity index (χ1) is 14.8. The molecule has 1 N–H and O–H groups in total. The third-order valence-corrected chi connectivity index (χ3v) is 6.47. The summed E-state index contributed by atoms with van der Waals surface area (Å²) in [4.78, 5) is 13.1. The molecule has 0 saturated heterocycles. The van der Waals surface area contributed by atoms with Crippen LogP contribution in [0, 0.1) is 13.8 Å².